The summed E-state index contributed by atoms with van der Waals surface area (Å²) in [5.74, 6) is 0.00332. The number of benzene rings is 1. The van der Waals surface area contributed by atoms with Crippen LogP contribution >= 0.6 is 15.9 Å². The van der Waals surface area contributed by atoms with Crippen molar-refractivity contribution >= 4 is 27.6 Å². The first kappa shape index (κ1) is 13.1. The average molecular weight is 312 g/mol. The number of hydrogen-bond acceptors (Lipinski definition) is 3. The number of rotatable bonds is 1. The molecule has 2 rings (SSSR count). The van der Waals surface area contributed by atoms with Crippen LogP contribution in [0.5, 0.6) is 5.75 Å². The van der Waals surface area contributed by atoms with Crippen LogP contribution in [-0.2, 0) is 4.79 Å². The first-order chi connectivity index (χ1) is 8.49. The van der Waals surface area contributed by atoms with E-state index >= 15 is 0 Å². The lowest BCUT2D eigenvalue weighted by atomic mass is 9.98. The number of piperidine rings is 1. The lowest BCUT2D eigenvalue weighted by Gasteiger charge is -2.30. The van der Waals surface area contributed by atoms with Crippen LogP contribution in [0, 0.1) is 5.92 Å². The molecule has 0 bridgehead atoms. The van der Waals surface area contributed by atoms with Crippen molar-refractivity contribution in [2.45, 2.75) is 13.3 Å². The van der Waals surface area contributed by atoms with Crippen LogP contribution in [0.25, 0.3) is 0 Å². The van der Waals surface area contributed by atoms with E-state index in [-0.39, 0.29) is 23.4 Å². The summed E-state index contributed by atoms with van der Waals surface area (Å²) >= 11 is 3.17. The van der Waals surface area contributed by atoms with Gasteiger partial charge in [0, 0.05) is 31.0 Å². The number of hydrogen-bond donors (Lipinski definition) is 1. The third-order valence-electron chi connectivity index (χ3n) is 3.15. The second-order valence-electron chi connectivity index (χ2n) is 4.53. The molecule has 0 spiro atoms. The van der Waals surface area contributed by atoms with E-state index < -0.39 is 0 Å². The van der Waals surface area contributed by atoms with Gasteiger partial charge in [-0.25, -0.2) is 0 Å². The maximum absolute atomic E-state index is 12.2. The molecule has 1 heterocycles. The van der Waals surface area contributed by atoms with Gasteiger partial charge in [-0.05, 0) is 34.1 Å². The largest absolute Gasteiger partial charge is 0.507 e. The van der Waals surface area contributed by atoms with Crippen molar-refractivity contribution in [2.24, 2.45) is 5.92 Å². The minimum Gasteiger partial charge on any atom is -0.507 e. The highest BCUT2D eigenvalue weighted by molar-refractivity contribution is 9.10. The number of amides is 1. The molecule has 0 aromatic heterocycles. The second-order valence-corrected chi connectivity index (χ2v) is 5.39. The molecule has 1 atom stereocenters. The Morgan fingerprint density at radius 3 is 2.83 bits per heavy atom. The van der Waals surface area contributed by atoms with Gasteiger partial charge in [0.25, 0.3) is 5.91 Å². The summed E-state index contributed by atoms with van der Waals surface area (Å²) in [4.78, 5) is 25.3. The summed E-state index contributed by atoms with van der Waals surface area (Å²) in [5, 5.41) is 9.57. The Morgan fingerprint density at radius 2 is 2.22 bits per heavy atom. The molecule has 1 aliphatic rings. The van der Waals surface area contributed by atoms with Crippen LogP contribution in [0.15, 0.2) is 22.7 Å². The Kier molecular flexibility index (Phi) is 3.71. The first-order valence-electron chi connectivity index (χ1n) is 5.79. The highest BCUT2D eigenvalue weighted by atomic mass is 79.9. The summed E-state index contributed by atoms with van der Waals surface area (Å²) in [6, 6.07) is 4.74. The zero-order valence-electron chi connectivity index (χ0n) is 10.0. The average Bonchev–Trinajstić information content (AvgIpc) is 2.35. The molecule has 0 aliphatic carbocycles. The van der Waals surface area contributed by atoms with Gasteiger partial charge in [0.2, 0.25) is 0 Å². The molecule has 1 amide bonds. The predicted octanol–water partition coefficient (Wildman–Crippen LogP) is 2.21. The molecule has 0 radical (unpaired) electrons. The lowest BCUT2D eigenvalue weighted by molar-refractivity contribution is -0.124. The number of carbonyl (C=O) groups excluding carboxylic acids is 2. The second kappa shape index (κ2) is 5.10. The van der Waals surface area contributed by atoms with E-state index in [2.05, 4.69) is 15.9 Å². The Balaban J connectivity index is 2.16. The Labute approximate surface area is 114 Å². The molecule has 1 saturated heterocycles. The number of nitrogens with zero attached hydrogens (tertiary/aromatic N) is 1. The minimum absolute atomic E-state index is 0.0435. The molecule has 1 N–H and O–H groups in total. The van der Waals surface area contributed by atoms with Crippen LogP contribution in [0.4, 0.5) is 0 Å². The van der Waals surface area contributed by atoms with E-state index in [0.717, 1.165) is 0 Å². The number of carbonyl (C=O) groups is 2. The van der Waals surface area contributed by atoms with Crippen molar-refractivity contribution in [2.75, 3.05) is 13.1 Å². The zero-order chi connectivity index (χ0) is 13.3. The fourth-order valence-electron chi connectivity index (χ4n) is 2.03. The van der Waals surface area contributed by atoms with Crippen LogP contribution < -0.4 is 0 Å². The van der Waals surface area contributed by atoms with Crippen LogP contribution in [0.3, 0.4) is 0 Å². The maximum Gasteiger partial charge on any atom is 0.254 e. The molecule has 1 aliphatic heterocycles. The van der Waals surface area contributed by atoms with Crippen molar-refractivity contribution in [3.63, 3.8) is 0 Å². The molecule has 1 unspecified atom stereocenters. The lowest BCUT2D eigenvalue weighted by Crippen LogP contribution is -2.43. The van der Waals surface area contributed by atoms with Crippen LogP contribution in [-0.4, -0.2) is 34.8 Å². The summed E-state index contributed by atoms with van der Waals surface area (Å²) in [6.45, 7) is 2.74. The standard InChI is InChI=1S/C13H14BrNO3/c1-8-7-15(5-4-11(8)16)13(18)9-2-3-10(14)12(17)6-9/h2-3,6,8,17H,4-5,7H2,1H3. The molecular formula is C13H14BrNO3. The fourth-order valence-corrected chi connectivity index (χ4v) is 2.27. The molecule has 0 saturated carbocycles. The third-order valence-corrected chi connectivity index (χ3v) is 3.82. The number of phenolic OH excluding ortho intramolecular Hbond substituents is 1. The Hall–Kier alpha value is -1.36. The number of ketones is 1. The van der Waals surface area contributed by atoms with E-state index in [9.17, 15) is 14.7 Å². The highest BCUT2D eigenvalue weighted by Crippen LogP contribution is 2.25. The van der Waals surface area contributed by atoms with Gasteiger partial charge in [-0.15, -0.1) is 0 Å². The first-order valence-corrected chi connectivity index (χ1v) is 6.59. The van der Waals surface area contributed by atoms with Crippen molar-refractivity contribution in [1.82, 2.24) is 4.90 Å². The number of halogens is 1. The van der Waals surface area contributed by atoms with E-state index in [1.807, 2.05) is 6.92 Å². The van der Waals surface area contributed by atoms with Crippen LogP contribution in [0.1, 0.15) is 23.7 Å². The fraction of sp³-hybridized carbons (Fsp3) is 0.385. The van der Waals surface area contributed by atoms with Gasteiger partial charge in [0.05, 0.1) is 4.47 Å². The molecule has 4 nitrogen and oxygen atoms in total. The number of aromatic hydroxyl groups is 1. The molecule has 96 valence electrons. The monoisotopic (exact) mass is 311 g/mol. The zero-order valence-corrected chi connectivity index (χ0v) is 11.6. The summed E-state index contributed by atoms with van der Waals surface area (Å²) in [5.41, 5.74) is 0.442. The maximum atomic E-state index is 12.2. The van der Waals surface area contributed by atoms with Gasteiger partial charge in [-0.3, -0.25) is 9.59 Å². The van der Waals surface area contributed by atoms with E-state index in [1.54, 1.807) is 17.0 Å². The smallest absolute Gasteiger partial charge is 0.254 e. The van der Waals surface area contributed by atoms with Gasteiger partial charge in [-0.2, -0.15) is 0 Å². The van der Waals surface area contributed by atoms with Crippen molar-refractivity contribution in [3.05, 3.63) is 28.2 Å². The highest BCUT2D eigenvalue weighted by Gasteiger charge is 2.27. The molecular weight excluding hydrogens is 298 g/mol. The number of likely N-dealkylation sites (tertiary alicyclic amines) is 1. The third kappa shape index (κ3) is 2.56. The topological polar surface area (TPSA) is 57.6 Å². The van der Waals surface area contributed by atoms with Gasteiger partial charge in [-0.1, -0.05) is 6.92 Å². The molecule has 5 heteroatoms. The summed E-state index contributed by atoms with van der Waals surface area (Å²) in [7, 11) is 0. The molecule has 18 heavy (non-hydrogen) atoms. The summed E-state index contributed by atoms with van der Waals surface area (Å²) in [6.07, 6.45) is 0.412. The van der Waals surface area contributed by atoms with Crippen molar-refractivity contribution < 1.29 is 14.7 Å². The number of Topliss-reactive ketones (excluding diaryl/α,β-unsaturated/α-hetero) is 1. The number of phenols is 1. The van der Waals surface area contributed by atoms with Crippen molar-refractivity contribution in [1.29, 1.82) is 0 Å². The predicted molar refractivity (Wildman–Crippen MR) is 70.5 cm³/mol. The molecule has 1 aromatic rings. The van der Waals surface area contributed by atoms with E-state index in [4.69, 9.17) is 0 Å². The van der Waals surface area contributed by atoms with Crippen molar-refractivity contribution in [3.8, 4) is 5.75 Å². The Bertz CT molecular complexity index is 501. The van der Waals surface area contributed by atoms with E-state index in [1.165, 1.54) is 6.07 Å². The quantitative estimate of drug-likeness (QED) is 0.865. The SMILES string of the molecule is CC1CN(C(=O)c2ccc(Br)c(O)c2)CCC1=O. The Morgan fingerprint density at radius 1 is 1.50 bits per heavy atom. The van der Waals surface area contributed by atoms with Gasteiger partial charge in [0.1, 0.15) is 11.5 Å². The van der Waals surface area contributed by atoms with Gasteiger partial charge in [0.15, 0.2) is 0 Å². The minimum atomic E-state index is -0.142. The van der Waals surface area contributed by atoms with Gasteiger partial charge >= 0.3 is 0 Å². The van der Waals surface area contributed by atoms with Gasteiger partial charge < -0.3 is 10.0 Å². The molecule has 1 fully saturated rings. The molecule has 1 aromatic carbocycles. The van der Waals surface area contributed by atoms with E-state index in [0.29, 0.717) is 29.5 Å². The van der Waals surface area contributed by atoms with Crippen LogP contribution in [0.2, 0.25) is 0 Å². The normalized spacial score (nSPS) is 20.0. The summed E-state index contributed by atoms with van der Waals surface area (Å²) < 4.78 is 0.557.